The van der Waals surface area contributed by atoms with Gasteiger partial charge in [0.05, 0.1) is 24.4 Å². The maximum Gasteiger partial charge on any atom is 0.296 e. The molecule has 2 aromatic carbocycles. The highest BCUT2D eigenvalue weighted by Crippen LogP contribution is 2.40. The Balaban J connectivity index is 1.89. The van der Waals surface area contributed by atoms with Crippen molar-refractivity contribution in [3.8, 4) is 0 Å². The molecule has 3 aromatic rings. The quantitative estimate of drug-likeness (QED) is 0.323. The van der Waals surface area contributed by atoms with Crippen LogP contribution in [-0.4, -0.2) is 21.7 Å². The maximum absolute atomic E-state index is 13.0. The third-order valence-corrected chi connectivity index (χ3v) is 6.13. The first-order valence-electron chi connectivity index (χ1n) is 9.50. The normalized spacial score (nSPS) is 18.2. The van der Waals surface area contributed by atoms with Crippen LogP contribution in [-0.2, 0) is 16.1 Å². The number of hydrogen-bond acceptors (Lipinski definition) is 4. The Kier molecular flexibility index (Phi) is 5.35. The lowest BCUT2D eigenvalue weighted by molar-refractivity contribution is -0.140. The van der Waals surface area contributed by atoms with E-state index in [1.54, 1.807) is 24.3 Å². The molecule has 1 aromatic heterocycles. The van der Waals surface area contributed by atoms with Crippen LogP contribution in [0.2, 0.25) is 0 Å². The molecule has 0 aliphatic carbocycles. The number of halogens is 1. The van der Waals surface area contributed by atoms with Crippen LogP contribution in [0.25, 0.3) is 5.76 Å². The van der Waals surface area contributed by atoms with E-state index in [-0.39, 0.29) is 17.9 Å². The van der Waals surface area contributed by atoms with Gasteiger partial charge in [0.1, 0.15) is 11.5 Å². The highest BCUT2D eigenvalue weighted by Gasteiger charge is 2.46. The van der Waals surface area contributed by atoms with E-state index in [2.05, 4.69) is 15.9 Å². The zero-order chi connectivity index (χ0) is 21.4. The summed E-state index contributed by atoms with van der Waals surface area (Å²) in [5.41, 5.74) is 3.24. The fraction of sp³-hybridized carbons (Fsp3) is 0.167. The number of likely N-dealkylation sites (tertiary alicyclic amines) is 1. The summed E-state index contributed by atoms with van der Waals surface area (Å²) in [7, 11) is 0. The lowest BCUT2D eigenvalue weighted by atomic mass is 9.94. The van der Waals surface area contributed by atoms with Gasteiger partial charge in [-0.1, -0.05) is 51.8 Å². The van der Waals surface area contributed by atoms with Gasteiger partial charge in [0, 0.05) is 10.0 Å². The zero-order valence-electron chi connectivity index (χ0n) is 16.6. The number of carbonyl (C=O) groups is 2. The first-order chi connectivity index (χ1) is 14.4. The van der Waals surface area contributed by atoms with Gasteiger partial charge in [-0.05, 0) is 49.2 Å². The Morgan fingerprint density at radius 1 is 1.10 bits per heavy atom. The SMILES string of the molecule is Cc1cccc(C2/C(=C(/O)c3ccc(Br)c(C)c3)C(=O)C(=O)N2Cc2ccco2)c1. The van der Waals surface area contributed by atoms with Crippen molar-refractivity contribution in [1.29, 1.82) is 0 Å². The number of rotatable bonds is 4. The second-order valence-electron chi connectivity index (χ2n) is 7.38. The molecule has 1 amide bonds. The van der Waals surface area contributed by atoms with Gasteiger partial charge in [0.15, 0.2) is 0 Å². The third kappa shape index (κ3) is 3.59. The van der Waals surface area contributed by atoms with Crippen LogP contribution in [0.3, 0.4) is 0 Å². The number of ketones is 1. The van der Waals surface area contributed by atoms with Gasteiger partial charge in [0.2, 0.25) is 0 Å². The minimum atomic E-state index is -0.709. The molecule has 4 rings (SSSR count). The van der Waals surface area contributed by atoms with Crippen LogP contribution >= 0.6 is 15.9 Å². The van der Waals surface area contributed by atoms with Gasteiger partial charge in [-0.15, -0.1) is 0 Å². The fourth-order valence-electron chi connectivity index (χ4n) is 3.75. The maximum atomic E-state index is 13.0. The standard InChI is InChI=1S/C24H20BrNO4/c1-14-5-3-6-16(11-14)21-20(22(27)17-8-9-19(25)15(2)12-17)23(28)24(29)26(21)13-18-7-4-10-30-18/h3-12,21,27H,13H2,1-2H3/b22-20-. The topological polar surface area (TPSA) is 70.8 Å². The molecule has 1 atom stereocenters. The minimum Gasteiger partial charge on any atom is -0.507 e. The summed E-state index contributed by atoms with van der Waals surface area (Å²) in [4.78, 5) is 27.4. The second kappa shape index (κ2) is 7.95. The summed E-state index contributed by atoms with van der Waals surface area (Å²) >= 11 is 3.45. The van der Waals surface area contributed by atoms with Crippen LogP contribution in [0, 0.1) is 13.8 Å². The number of Topliss-reactive ketones (excluding diaryl/α,β-unsaturated/α-hetero) is 1. The molecule has 152 valence electrons. The van der Waals surface area contributed by atoms with E-state index in [0.29, 0.717) is 11.3 Å². The Hall–Kier alpha value is -3.12. The summed E-state index contributed by atoms with van der Waals surface area (Å²) in [5, 5.41) is 11.1. The molecule has 0 saturated carbocycles. The molecule has 6 heteroatoms. The summed E-state index contributed by atoms with van der Waals surface area (Å²) in [6.45, 7) is 3.97. The Morgan fingerprint density at radius 3 is 2.57 bits per heavy atom. The van der Waals surface area contributed by atoms with E-state index in [9.17, 15) is 14.7 Å². The predicted octanol–water partition coefficient (Wildman–Crippen LogP) is 5.28. The highest BCUT2D eigenvalue weighted by atomic mass is 79.9. The average molecular weight is 466 g/mol. The van der Waals surface area contributed by atoms with Gasteiger partial charge < -0.3 is 14.4 Å². The first kappa shape index (κ1) is 20.2. The number of benzene rings is 2. The van der Waals surface area contributed by atoms with E-state index in [0.717, 1.165) is 21.2 Å². The minimum absolute atomic E-state index is 0.0823. The van der Waals surface area contributed by atoms with Crippen molar-refractivity contribution >= 4 is 33.4 Å². The monoisotopic (exact) mass is 465 g/mol. The van der Waals surface area contributed by atoms with Crippen molar-refractivity contribution in [2.75, 3.05) is 0 Å². The third-order valence-electron chi connectivity index (χ3n) is 5.24. The second-order valence-corrected chi connectivity index (χ2v) is 8.24. The van der Waals surface area contributed by atoms with Gasteiger partial charge >= 0.3 is 0 Å². The molecule has 0 spiro atoms. The Labute approximate surface area is 182 Å². The molecule has 0 bridgehead atoms. The summed E-state index contributed by atoms with van der Waals surface area (Å²) in [5.74, 6) is -0.981. The molecule has 1 aliphatic heterocycles. The van der Waals surface area contributed by atoms with E-state index < -0.39 is 17.7 Å². The Bertz CT molecular complexity index is 1160. The van der Waals surface area contributed by atoms with Crippen molar-refractivity contribution in [3.63, 3.8) is 0 Å². The number of aliphatic hydroxyl groups excluding tert-OH is 1. The summed E-state index contributed by atoms with van der Waals surface area (Å²) in [6.07, 6.45) is 1.53. The average Bonchev–Trinajstić information content (AvgIpc) is 3.32. The number of hydrogen-bond donors (Lipinski definition) is 1. The molecular formula is C24H20BrNO4. The summed E-state index contributed by atoms with van der Waals surface area (Å²) < 4.78 is 6.30. The molecule has 1 saturated heterocycles. The van der Waals surface area contributed by atoms with E-state index in [1.807, 2.05) is 44.2 Å². The predicted molar refractivity (Wildman–Crippen MR) is 117 cm³/mol. The van der Waals surface area contributed by atoms with E-state index >= 15 is 0 Å². The van der Waals surface area contributed by atoms with Crippen molar-refractivity contribution in [2.45, 2.75) is 26.4 Å². The number of furan rings is 1. The van der Waals surface area contributed by atoms with Gasteiger partial charge in [-0.3, -0.25) is 9.59 Å². The van der Waals surface area contributed by atoms with E-state index in [4.69, 9.17) is 4.42 Å². The molecule has 30 heavy (non-hydrogen) atoms. The van der Waals surface area contributed by atoms with Crippen molar-refractivity contribution in [2.24, 2.45) is 0 Å². The lowest BCUT2D eigenvalue weighted by Gasteiger charge is -2.24. The van der Waals surface area contributed by atoms with Crippen LogP contribution < -0.4 is 0 Å². The number of amides is 1. The lowest BCUT2D eigenvalue weighted by Crippen LogP contribution is -2.29. The van der Waals surface area contributed by atoms with Crippen LogP contribution in [0.15, 0.2) is 75.3 Å². The first-order valence-corrected chi connectivity index (χ1v) is 10.3. The molecule has 2 heterocycles. The van der Waals surface area contributed by atoms with Crippen molar-refractivity contribution in [3.05, 3.63) is 98.9 Å². The molecule has 1 N–H and O–H groups in total. The molecule has 1 aliphatic rings. The fourth-order valence-corrected chi connectivity index (χ4v) is 3.99. The number of aryl methyl sites for hydroxylation is 2. The molecule has 5 nitrogen and oxygen atoms in total. The Morgan fingerprint density at radius 2 is 1.90 bits per heavy atom. The smallest absolute Gasteiger partial charge is 0.296 e. The van der Waals surface area contributed by atoms with Crippen molar-refractivity contribution in [1.82, 2.24) is 4.90 Å². The number of carbonyl (C=O) groups excluding carboxylic acids is 2. The molecule has 1 fully saturated rings. The van der Waals surface area contributed by atoms with Crippen LogP contribution in [0.1, 0.15) is 34.1 Å². The number of aliphatic hydroxyl groups is 1. The van der Waals surface area contributed by atoms with Crippen LogP contribution in [0.4, 0.5) is 0 Å². The molecule has 1 unspecified atom stereocenters. The zero-order valence-corrected chi connectivity index (χ0v) is 18.1. The van der Waals surface area contributed by atoms with Gasteiger partial charge in [-0.25, -0.2) is 0 Å². The van der Waals surface area contributed by atoms with Gasteiger partial charge in [-0.2, -0.15) is 0 Å². The molecular weight excluding hydrogens is 446 g/mol. The molecule has 0 radical (unpaired) electrons. The van der Waals surface area contributed by atoms with E-state index in [1.165, 1.54) is 11.2 Å². The largest absolute Gasteiger partial charge is 0.507 e. The van der Waals surface area contributed by atoms with Gasteiger partial charge in [0.25, 0.3) is 11.7 Å². The summed E-state index contributed by atoms with van der Waals surface area (Å²) in [6, 6.07) is 15.7. The highest BCUT2D eigenvalue weighted by molar-refractivity contribution is 9.10. The number of nitrogens with zero attached hydrogens (tertiary/aromatic N) is 1. The van der Waals surface area contributed by atoms with Crippen LogP contribution in [0.5, 0.6) is 0 Å². The van der Waals surface area contributed by atoms with Crippen molar-refractivity contribution < 1.29 is 19.1 Å².